The van der Waals surface area contributed by atoms with E-state index in [1.165, 1.54) is 32.1 Å². The average molecular weight is 327 g/mol. The molecule has 6 heteroatoms. The molecule has 2 heterocycles. The zero-order chi connectivity index (χ0) is 14.7. The first kappa shape index (κ1) is 17.3. The van der Waals surface area contributed by atoms with Crippen LogP contribution in [0.4, 0.5) is 0 Å². The maximum absolute atomic E-state index is 12.5. The molecule has 2 fully saturated rings. The number of hydrogen-bond acceptors (Lipinski definition) is 3. The van der Waals surface area contributed by atoms with E-state index in [0.29, 0.717) is 17.7 Å². The second kappa shape index (κ2) is 7.97. The van der Waals surface area contributed by atoms with Gasteiger partial charge in [0.15, 0.2) is 0 Å². The van der Waals surface area contributed by atoms with E-state index >= 15 is 0 Å². The second-order valence-electron chi connectivity index (χ2n) is 6.52. The van der Waals surface area contributed by atoms with Gasteiger partial charge in [0.25, 0.3) is 5.91 Å². The molecule has 1 saturated heterocycles. The van der Waals surface area contributed by atoms with Gasteiger partial charge < -0.3 is 10.2 Å². The van der Waals surface area contributed by atoms with Crippen LogP contribution in [0.5, 0.6) is 0 Å². The minimum atomic E-state index is 0. The minimum Gasteiger partial charge on any atom is -0.340 e. The Bertz CT molecular complexity index is 478. The lowest BCUT2D eigenvalue weighted by atomic mass is 10.1. The van der Waals surface area contributed by atoms with Crippen molar-refractivity contribution in [2.45, 2.75) is 44.6 Å². The molecular formula is C16H27ClN4O. The fourth-order valence-electron chi connectivity index (χ4n) is 3.57. The summed E-state index contributed by atoms with van der Waals surface area (Å²) in [5, 5.41) is 7.90. The number of carbonyl (C=O) groups excluding carboxylic acids is 1. The average Bonchev–Trinajstić information content (AvgIpc) is 3.18. The SMILES string of the molecule is CN(CC1CCCC1)C(=O)c1ccn(C2CCCNC2)n1.Cl. The summed E-state index contributed by atoms with van der Waals surface area (Å²) < 4.78 is 1.96. The van der Waals surface area contributed by atoms with Crippen LogP contribution in [0, 0.1) is 5.92 Å². The second-order valence-corrected chi connectivity index (χ2v) is 6.52. The van der Waals surface area contributed by atoms with Crippen molar-refractivity contribution in [3.05, 3.63) is 18.0 Å². The summed E-state index contributed by atoms with van der Waals surface area (Å²) in [5.41, 5.74) is 0.584. The maximum Gasteiger partial charge on any atom is 0.274 e. The van der Waals surface area contributed by atoms with Gasteiger partial charge >= 0.3 is 0 Å². The number of carbonyl (C=O) groups is 1. The Morgan fingerprint density at radius 3 is 2.82 bits per heavy atom. The molecule has 22 heavy (non-hydrogen) atoms. The van der Waals surface area contributed by atoms with Gasteiger partial charge in [-0.2, -0.15) is 5.10 Å². The Kier molecular flexibility index (Phi) is 6.26. The lowest BCUT2D eigenvalue weighted by Crippen LogP contribution is -2.33. The van der Waals surface area contributed by atoms with Crippen LogP contribution in [-0.2, 0) is 0 Å². The molecule has 0 spiro atoms. The van der Waals surface area contributed by atoms with Crippen LogP contribution in [0.25, 0.3) is 0 Å². The van der Waals surface area contributed by atoms with Crippen LogP contribution < -0.4 is 5.32 Å². The van der Waals surface area contributed by atoms with Crippen molar-refractivity contribution >= 4 is 18.3 Å². The highest BCUT2D eigenvalue weighted by Gasteiger charge is 2.22. The van der Waals surface area contributed by atoms with E-state index in [0.717, 1.165) is 26.1 Å². The van der Waals surface area contributed by atoms with Gasteiger partial charge in [-0.1, -0.05) is 12.8 Å². The first-order chi connectivity index (χ1) is 10.2. The Morgan fingerprint density at radius 1 is 1.36 bits per heavy atom. The van der Waals surface area contributed by atoms with Gasteiger partial charge in [-0.15, -0.1) is 12.4 Å². The first-order valence-corrected chi connectivity index (χ1v) is 8.25. The van der Waals surface area contributed by atoms with Gasteiger partial charge in [-0.3, -0.25) is 9.48 Å². The van der Waals surface area contributed by atoms with E-state index in [1.54, 1.807) is 0 Å². The molecule has 124 valence electrons. The molecule has 0 aromatic carbocycles. The van der Waals surface area contributed by atoms with Gasteiger partial charge in [0, 0.05) is 26.3 Å². The topological polar surface area (TPSA) is 50.2 Å². The normalized spacial score (nSPS) is 22.3. The van der Waals surface area contributed by atoms with Gasteiger partial charge in [-0.05, 0) is 44.2 Å². The summed E-state index contributed by atoms with van der Waals surface area (Å²) in [6, 6.07) is 2.25. The van der Waals surface area contributed by atoms with E-state index in [9.17, 15) is 4.79 Å². The molecule has 0 bridgehead atoms. The van der Waals surface area contributed by atoms with Crippen LogP contribution in [0.15, 0.2) is 12.3 Å². The molecule has 2 aliphatic rings. The fraction of sp³-hybridized carbons (Fsp3) is 0.750. The fourth-order valence-corrected chi connectivity index (χ4v) is 3.57. The molecule has 1 saturated carbocycles. The number of amides is 1. The molecule has 1 atom stereocenters. The summed E-state index contributed by atoms with van der Waals surface area (Å²) in [6.07, 6.45) is 9.43. The summed E-state index contributed by atoms with van der Waals surface area (Å²) in [4.78, 5) is 14.3. The van der Waals surface area contributed by atoms with E-state index in [-0.39, 0.29) is 18.3 Å². The highest BCUT2D eigenvalue weighted by Crippen LogP contribution is 2.25. The third kappa shape index (κ3) is 4.02. The number of rotatable bonds is 4. The van der Waals surface area contributed by atoms with Crippen molar-refractivity contribution < 1.29 is 4.79 Å². The van der Waals surface area contributed by atoms with E-state index in [1.807, 2.05) is 28.9 Å². The molecule has 1 aliphatic carbocycles. The molecule has 1 aromatic rings. The molecule has 3 rings (SSSR count). The largest absolute Gasteiger partial charge is 0.340 e. The number of hydrogen-bond donors (Lipinski definition) is 1. The molecule has 1 amide bonds. The smallest absolute Gasteiger partial charge is 0.274 e. The van der Waals surface area contributed by atoms with Crippen LogP contribution in [-0.4, -0.2) is 47.3 Å². The predicted octanol–water partition coefficient (Wildman–Crippen LogP) is 2.49. The Balaban J connectivity index is 0.00000176. The van der Waals surface area contributed by atoms with Crippen LogP contribution in [0.1, 0.15) is 55.1 Å². The zero-order valence-electron chi connectivity index (χ0n) is 13.3. The molecule has 5 nitrogen and oxygen atoms in total. The summed E-state index contributed by atoms with van der Waals surface area (Å²) in [7, 11) is 1.90. The van der Waals surface area contributed by atoms with Gasteiger partial charge in [0.05, 0.1) is 6.04 Å². The molecule has 0 radical (unpaired) electrons. The molecule has 1 aliphatic heterocycles. The molecule has 1 aromatic heterocycles. The predicted molar refractivity (Wildman–Crippen MR) is 89.5 cm³/mol. The van der Waals surface area contributed by atoms with Crippen molar-refractivity contribution in [2.75, 3.05) is 26.7 Å². The zero-order valence-corrected chi connectivity index (χ0v) is 14.1. The van der Waals surface area contributed by atoms with Crippen molar-refractivity contribution in [3.8, 4) is 0 Å². The van der Waals surface area contributed by atoms with E-state index < -0.39 is 0 Å². The van der Waals surface area contributed by atoms with Crippen molar-refractivity contribution in [2.24, 2.45) is 5.92 Å². The third-order valence-corrected chi connectivity index (χ3v) is 4.83. The van der Waals surface area contributed by atoms with Crippen molar-refractivity contribution in [1.29, 1.82) is 0 Å². The Morgan fingerprint density at radius 2 is 2.14 bits per heavy atom. The molecular weight excluding hydrogens is 300 g/mol. The molecule has 1 N–H and O–H groups in total. The minimum absolute atomic E-state index is 0. The first-order valence-electron chi connectivity index (χ1n) is 8.25. The lowest BCUT2D eigenvalue weighted by molar-refractivity contribution is 0.0766. The third-order valence-electron chi connectivity index (χ3n) is 4.83. The van der Waals surface area contributed by atoms with Crippen LogP contribution in [0.3, 0.4) is 0 Å². The summed E-state index contributed by atoms with van der Waals surface area (Å²) in [6.45, 7) is 2.91. The Labute approximate surface area is 138 Å². The number of piperidine rings is 1. The number of nitrogens with one attached hydrogen (secondary N) is 1. The summed E-state index contributed by atoms with van der Waals surface area (Å²) in [5.74, 6) is 0.744. The lowest BCUT2D eigenvalue weighted by Gasteiger charge is -2.23. The number of aromatic nitrogens is 2. The number of halogens is 1. The van der Waals surface area contributed by atoms with Crippen molar-refractivity contribution in [1.82, 2.24) is 20.0 Å². The van der Waals surface area contributed by atoms with E-state index in [2.05, 4.69) is 10.4 Å². The highest BCUT2D eigenvalue weighted by molar-refractivity contribution is 5.92. The summed E-state index contributed by atoms with van der Waals surface area (Å²) >= 11 is 0. The Hall–Kier alpha value is -1.07. The van der Waals surface area contributed by atoms with Gasteiger partial charge in [0.2, 0.25) is 0 Å². The highest BCUT2D eigenvalue weighted by atomic mass is 35.5. The number of nitrogens with zero attached hydrogens (tertiary/aromatic N) is 3. The quantitative estimate of drug-likeness (QED) is 0.925. The van der Waals surface area contributed by atoms with Crippen molar-refractivity contribution in [3.63, 3.8) is 0 Å². The standard InChI is InChI=1S/C16H26N4O.ClH/c1-19(12-13-5-2-3-6-13)16(21)15-8-10-20(18-15)14-7-4-9-17-11-14;/h8,10,13-14,17H,2-7,9,11-12H2,1H3;1H. The maximum atomic E-state index is 12.5. The monoisotopic (exact) mass is 326 g/mol. The van der Waals surface area contributed by atoms with Crippen LogP contribution >= 0.6 is 12.4 Å². The van der Waals surface area contributed by atoms with E-state index in [4.69, 9.17) is 0 Å². The molecule has 1 unspecified atom stereocenters. The van der Waals surface area contributed by atoms with Gasteiger partial charge in [-0.25, -0.2) is 0 Å². The van der Waals surface area contributed by atoms with Gasteiger partial charge in [0.1, 0.15) is 5.69 Å². The van der Waals surface area contributed by atoms with Crippen LogP contribution in [0.2, 0.25) is 0 Å².